The van der Waals surface area contributed by atoms with Gasteiger partial charge in [-0.2, -0.15) is 13.2 Å². The Kier molecular flexibility index (Phi) is 10.5. The van der Waals surface area contributed by atoms with Gasteiger partial charge in [0.15, 0.2) is 5.60 Å². The molecule has 0 radical (unpaired) electrons. The molecule has 1 aliphatic carbocycles. The third-order valence-corrected chi connectivity index (χ3v) is 10.1. The Morgan fingerprint density at radius 3 is 2.21 bits per heavy atom. The van der Waals surface area contributed by atoms with Gasteiger partial charge in [-0.15, -0.1) is 0 Å². The third kappa shape index (κ3) is 8.32. The monoisotopic (exact) mass is 684 g/mol. The molecule has 1 saturated carbocycles. The number of halogens is 4. The minimum absolute atomic E-state index is 0.313. The van der Waals surface area contributed by atoms with Crippen molar-refractivity contribution in [1.82, 2.24) is 14.6 Å². The number of benzene rings is 1. The molecule has 4 rings (SSSR count). The molecule has 2 N–H and O–H groups in total. The molecule has 4 atom stereocenters. The largest absolute Gasteiger partial charge is 0.444 e. The van der Waals surface area contributed by atoms with Gasteiger partial charge in [0, 0.05) is 25.9 Å². The van der Waals surface area contributed by atoms with Gasteiger partial charge in [-0.05, 0) is 95.7 Å². The lowest BCUT2D eigenvalue weighted by Crippen LogP contribution is -2.50. The number of nitrogens with one attached hydrogen (secondary N) is 2. The number of amides is 2. The molecule has 2 amide bonds. The number of carbonyl (C=O) groups excluding carboxylic acids is 2. The molecule has 0 bridgehead atoms. The van der Waals surface area contributed by atoms with E-state index in [2.05, 4.69) is 15.0 Å². The standard InChI is InChI=1S/C33H44F4N4O5S/c1-29(2,3)46-28(43)41-20-31(45-7,33(35,36)37)19-26(41)27(42)39-25-18-23(10-11-24(25)34)32(15-12-21-8-9-21,22-13-16-38-17-14-22)40-47(44)30(4,5)6/h10-11,13-14,16-18,21,26,40H,8-9,12,15,19-20H2,1-7H3,(H,39,42)/t26-,31-,32?,47-/m1/s1. The number of methoxy groups -OCH3 is 1. The van der Waals surface area contributed by atoms with Gasteiger partial charge >= 0.3 is 12.3 Å². The van der Waals surface area contributed by atoms with Crippen LogP contribution in [-0.2, 0) is 30.8 Å². The van der Waals surface area contributed by atoms with Gasteiger partial charge in [0.1, 0.15) is 17.5 Å². The summed E-state index contributed by atoms with van der Waals surface area (Å²) in [4.78, 5) is 31.6. The van der Waals surface area contributed by atoms with Crippen molar-refractivity contribution in [2.24, 2.45) is 5.92 Å². The van der Waals surface area contributed by atoms with Gasteiger partial charge < -0.3 is 14.8 Å². The van der Waals surface area contributed by atoms with Crippen LogP contribution in [0.5, 0.6) is 0 Å². The molecule has 2 aromatic rings. The normalized spacial score (nSPS) is 22.4. The molecule has 1 saturated heterocycles. The summed E-state index contributed by atoms with van der Waals surface area (Å²) in [6.07, 6.45) is -0.395. The maximum absolute atomic E-state index is 15.5. The predicted molar refractivity (Wildman–Crippen MR) is 170 cm³/mol. The number of hydrogen-bond donors (Lipinski definition) is 2. The molecule has 1 unspecified atom stereocenters. The number of aromatic nitrogens is 1. The minimum atomic E-state index is -4.93. The Morgan fingerprint density at radius 2 is 1.68 bits per heavy atom. The second-order valence-electron chi connectivity index (χ2n) is 14.3. The highest BCUT2D eigenvalue weighted by Crippen LogP contribution is 2.45. The van der Waals surface area contributed by atoms with Crippen molar-refractivity contribution < 1.29 is 40.8 Å². The number of pyridine rings is 1. The van der Waals surface area contributed by atoms with Gasteiger partial charge in [-0.3, -0.25) is 14.7 Å². The summed E-state index contributed by atoms with van der Waals surface area (Å²) in [5, 5.41) is 2.44. The SMILES string of the molecule is CO[C@]1(C(F)(F)F)C[C@H](C(=O)Nc2cc(C(CCC3CC3)(N[S@](=O)C(C)(C)C)c3ccncc3)ccc2F)N(C(=O)OC(C)(C)C)C1. The average molecular weight is 685 g/mol. The zero-order chi connectivity index (χ0) is 35.0. The predicted octanol–water partition coefficient (Wildman–Crippen LogP) is 6.60. The molecule has 9 nitrogen and oxygen atoms in total. The summed E-state index contributed by atoms with van der Waals surface area (Å²) in [6.45, 7) is 9.12. The molecular formula is C33H44F4N4O5S. The van der Waals surface area contributed by atoms with E-state index in [1.54, 1.807) is 45.3 Å². The first-order valence-electron chi connectivity index (χ1n) is 15.5. The smallest absolute Gasteiger partial charge is 0.419 e. The van der Waals surface area contributed by atoms with Crippen LogP contribution in [0, 0.1) is 11.7 Å². The highest BCUT2D eigenvalue weighted by molar-refractivity contribution is 7.84. The maximum atomic E-state index is 15.5. The van der Waals surface area contributed by atoms with Crippen molar-refractivity contribution in [3.63, 3.8) is 0 Å². The maximum Gasteiger partial charge on any atom is 0.419 e. The first-order valence-corrected chi connectivity index (χ1v) is 16.7. The molecule has 260 valence electrons. The zero-order valence-corrected chi connectivity index (χ0v) is 28.6. The number of likely N-dealkylation sites (tertiary alicyclic amines) is 1. The van der Waals surface area contributed by atoms with Crippen molar-refractivity contribution in [2.45, 2.75) is 107 Å². The van der Waals surface area contributed by atoms with E-state index in [4.69, 9.17) is 9.47 Å². The van der Waals surface area contributed by atoms with Crippen LogP contribution >= 0.6 is 0 Å². The number of nitrogens with zero attached hydrogens (tertiary/aromatic N) is 2. The van der Waals surface area contributed by atoms with E-state index in [1.807, 2.05) is 20.8 Å². The second kappa shape index (κ2) is 13.4. The van der Waals surface area contributed by atoms with E-state index in [0.717, 1.165) is 38.0 Å². The minimum Gasteiger partial charge on any atom is -0.444 e. The molecular weight excluding hydrogens is 640 g/mol. The Balaban J connectivity index is 1.76. The Labute approximate surface area is 275 Å². The molecule has 1 aromatic heterocycles. The molecule has 0 spiro atoms. The molecule has 2 heterocycles. The van der Waals surface area contributed by atoms with Crippen LogP contribution in [0.3, 0.4) is 0 Å². The summed E-state index contributed by atoms with van der Waals surface area (Å²) in [7, 11) is -0.734. The topological polar surface area (TPSA) is 110 Å². The van der Waals surface area contributed by atoms with Crippen molar-refractivity contribution in [2.75, 3.05) is 19.0 Å². The lowest BCUT2D eigenvalue weighted by Gasteiger charge is -2.38. The Bertz CT molecular complexity index is 1480. The Morgan fingerprint density at radius 1 is 1.04 bits per heavy atom. The van der Waals surface area contributed by atoms with Gasteiger partial charge in [0.2, 0.25) is 5.91 Å². The van der Waals surface area contributed by atoms with Crippen molar-refractivity contribution in [1.29, 1.82) is 0 Å². The number of alkyl halides is 3. The van der Waals surface area contributed by atoms with E-state index < -0.39 is 75.5 Å². The number of anilines is 1. The number of carbonyl (C=O) groups is 2. The summed E-state index contributed by atoms with van der Waals surface area (Å²) in [5.74, 6) is -1.41. The highest BCUT2D eigenvalue weighted by atomic mass is 32.2. The van der Waals surface area contributed by atoms with E-state index in [9.17, 15) is 27.0 Å². The van der Waals surface area contributed by atoms with Crippen LogP contribution in [0.1, 0.15) is 84.8 Å². The molecule has 47 heavy (non-hydrogen) atoms. The summed E-state index contributed by atoms with van der Waals surface area (Å²) < 4.78 is 84.7. The quantitative estimate of drug-likeness (QED) is 0.273. The Hall–Kier alpha value is -3.10. The first kappa shape index (κ1) is 36.7. The lowest BCUT2D eigenvalue weighted by molar-refractivity contribution is -0.263. The fraction of sp³-hybridized carbons (Fsp3) is 0.606. The molecule has 2 fully saturated rings. The molecule has 1 aliphatic heterocycles. The third-order valence-electron chi connectivity index (χ3n) is 8.50. The summed E-state index contributed by atoms with van der Waals surface area (Å²) >= 11 is 0. The fourth-order valence-corrected chi connectivity index (χ4v) is 6.55. The second-order valence-corrected chi connectivity index (χ2v) is 16.3. The van der Waals surface area contributed by atoms with E-state index >= 15 is 4.39 Å². The van der Waals surface area contributed by atoms with Crippen molar-refractivity contribution in [3.05, 3.63) is 59.7 Å². The zero-order valence-electron chi connectivity index (χ0n) is 27.8. The highest BCUT2D eigenvalue weighted by Gasteiger charge is 2.64. The van der Waals surface area contributed by atoms with Crippen LogP contribution in [0.15, 0.2) is 42.7 Å². The summed E-state index contributed by atoms with van der Waals surface area (Å²) in [5.41, 5.74) is -4.12. The van der Waals surface area contributed by atoms with Crippen LogP contribution in [0.4, 0.5) is 28.0 Å². The van der Waals surface area contributed by atoms with Gasteiger partial charge in [-0.1, -0.05) is 18.9 Å². The molecule has 2 aliphatic rings. The van der Waals surface area contributed by atoms with Crippen LogP contribution < -0.4 is 10.0 Å². The van der Waals surface area contributed by atoms with E-state index in [0.29, 0.717) is 22.8 Å². The van der Waals surface area contributed by atoms with Crippen LogP contribution in [0.2, 0.25) is 0 Å². The number of rotatable bonds is 10. The lowest BCUT2D eigenvalue weighted by atomic mass is 9.79. The van der Waals surface area contributed by atoms with Crippen LogP contribution in [0.25, 0.3) is 0 Å². The molecule has 14 heteroatoms. The van der Waals surface area contributed by atoms with Crippen molar-refractivity contribution in [3.8, 4) is 0 Å². The number of ether oxygens (including phenoxy) is 2. The van der Waals surface area contributed by atoms with E-state index in [-0.39, 0.29) is 5.69 Å². The summed E-state index contributed by atoms with van der Waals surface area (Å²) in [6, 6.07) is 5.94. The van der Waals surface area contributed by atoms with Gasteiger partial charge in [-0.25, -0.2) is 18.1 Å². The average Bonchev–Trinajstić information content (AvgIpc) is 3.71. The fourth-order valence-electron chi connectivity index (χ4n) is 5.59. The van der Waals surface area contributed by atoms with Gasteiger partial charge in [0.05, 0.1) is 33.5 Å². The van der Waals surface area contributed by atoms with Gasteiger partial charge in [0.25, 0.3) is 0 Å². The van der Waals surface area contributed by atoms with Crippen molar-refractivity contribution >= 4 is 28.7 Å². The first-order chi connectivity index (χ1) is 21.7. The van der Waals surface area contributed by atoms with E-state index in [1.165, 1.54) is 12.1 Å². The number of hydrogen-bond acceptors (Lipinski definition) is 6. The molecule has 1 aromatic carbocycles. The van der Waals surface area contributed by atoms with Crippen LogP contribution in [-0.4, -0.2) is 67.9 Å².